The molecule has 0 heterocycles. The van der Waals surface area contributed by atoms with Gasteiger partial charge in [-0.25, -0.2) is 4.39 Å². The van der Waals surface area contributed by atoms with Gasteiger partial charge in [-0.3, -0.25) is 0 Å². The third-order valence-corrected chi connectivity index (χ3v) is 3.44. The fourth-order valence-corrected chi connectivity index (χ4v) is 2.29. The van der Waals surface area contributed by atoms with Crippen LogP contribution in [-0.2, 0) is 0 Å². The Morgan fingerprint density at radius 3 is 2.37 bits per heavy atom. The van der Waals surface area contributed by atoms with Gasteiger partial charge in [0.1, 0.15) is 5.82 Å². The lowest BCUT2D eigenvalue weighted by molar-refractivity contribution is 0.618. The molecule has 2 rings (SSSR count). The molecule has 2 aromatic carbocycles. The van der Waals surface area contributed by atoms with Gasteiger partial charge in [0.25, 0.3) is 0 Å². The summed E-state index contributed by atoms with van der Waals surface area (Å²) >= 11 is 0. The predicted molar refractivity (Wildman–Crippen MR) is 79.1 cm³/mol. The highest BCUT2D eigenvalue weighted by molar-refractivity contribution is 5.48. The smallest absolute Gasteiger partial charge is 0.126 e. The third-order valence-electron chi connectivity index (χ3n) is 3.44. The summed E-state index contributed by atoms with van der Waals surface area (Å²) in [5, 5.41) is 3.43. The number of hydrogen-bond acceptors (Lipinski definition) is 1. The fraction of sp³-hybridized carbons (Fsp3) is 0.294. The Kier molecular flexibility index (Phi) is 3.89. The van der Waals surface area contributed by atoms with Gasteiger partial charge in [-0.05, 0) is 62.6 Å². The predicted octanol–water partition coefficient (Wildman–Crippen LogP) is 4.92. The molecule has 1 atom stereocenters. The Labute approximate surface area is 114 Å². The van der Waals surface area contributed by atoms with Crippen molar-refractivity contribution in [3.63, 3.8) is 0 Å². The maximum absolute atomic E-state index is 13.2. The van der Waals surface area contributed by atoms with Gasteiger partial charge in [0.05, 0.1) is 0 Å². The van der Waals surface area contributed by atoms with E-state index in [1.165, 1.54) is 22.8 Å². The van der Waals surface area contributed by atoms with Crippen molar-refractivity contribution in [2.24, 2.45) is 0 Å². The van der Waals surface area contributed by atoms with Crippen LogP contribution in [0.3, 0.4) is 0 Å². The first kappa shape index (κ1) is 13.6. The molecule has 0 amide bonds. The Hall–Kier alpha value is -1.83. The van der Waals surface area contributed by atoms with Gasteiger partial charge >= 0.3 is 0 Å². The Balaban J connectivity index is 2.22. The van der Waals surface area contributed by atoms with Crippen LogP contribution >= 0.6 is 0 Å². The summed E-state index contributed by atoms with van der Waals surface area (Å²) < 4.78 is 13.2. The van der Waals surface area contributed by atoms with Gasteiger partial charge in [0, 0.05) is 11.7 Å². The molecule has 100 valence electrons. The highest BCUT2D eigenvalue weighted by atomic mass is 19.1. The number of benzene rings is 2. The van der Waals surface area contributed by atoms with Gasteiger partial charge in [0.15, 0.2) is 0 Å². The lowest BCUT2D eigenvalue weighted by Gasteiger charge is -2.19. The Bertz CT molecular complexity index is 590. The van der Waals surface area contributed by atoms with Crippen molar-refractivity contribution in [2.75, 3.05) is 5.32 Å². The molecule has 0 aliphatic carbocycles. The van der Waals surface area contributed by atoms with Crippen molar-refractivity contribution >= 4 is 5.69 Å². The summed E-state index contributed by atoms with van der Waals surface area (Å²) in [5.74, 6) is -0.162. The van der Waals surface area contributed by atoms with Crippen LogP contribution in [0, 0.1) is 26.6 Å². The molecule has 0 bridgehead atoms. The quantitative estimate of drug-likeness (QED) is 0.822. The molecule has 0 aliphatic rings. The molecule has 0 aliphatic heterocycles. The van der Waals surface area contributed by atoms with Crippen LogP contribution in [0.4, 0.5) is 10.1 Å². The molecule has 1 N–H and O–H groups in total. The number of rotatable bonds is 3. The van der Waals surface area contributed by atoms with Crippen LogP contribution in [0.5, 0.6) is 0 Å². The minimum Gasteiger partial charge on any atom is -0.379 e. The van der Waals surface area contributed by atoms with Crippen LogP contribution in [-0.4, -0.2) is 0 Å². The summed E-state index contributed by atoms with van der Waals surface area (Å²) in [5.41, 5.74) is 5.42. The van der Waals surface area contributed by atoms with E-state index in [0.29, 0.717) is 5.56 Å². The summed E-state index contributed by atoms with van der Waals surface area (Å²) in [6.45, 7) is 8.12. The van der Waals surface area contributed by atoms with Crippen LogP contribution in [0.15, 0.2) is 36.4 Å². The van der Waals surface area contributed by atoms with Crippen molar-refractivity contribution in [2.45, 2.75) is 33.7 Å². The average Bonchev–Trinajstić information content (AvgIpc) is 2.36. The van der Waals surface area contributed by atoms with Crippen molar-refractivity contribution in [3.05, 3.63) is 64.5 Å². The molecule has 0 spiro atoms. The van der Waals surface area contributed by atoms with Gasteiger partial charge < -0.3 is 5.32 Å². The van der Waals surface area contributed by atoms with Crippen LogP contribution in [0.2, 0.25) is 0 Å². The number of anilines is 1. The van der Waals surface area contributed by atoms with E-state index in [4.69, 9.17) is 0 Å². The minimum atomic E-state index is -0.162. The minimum absolute atomic E-state index is 0.162. The fourth-order valence-electron chi connectivity index (χ4n) is 2.29. The van der Waals surface area contributed by atoms with Crippen LogP contribution in [0.1, 0.15) is 35.2 Å². The zero-order chi connectivity index (χ0) is 14.0. The number of nitrogens with one attached hydrogen (secondary N) is 1. The number of hydrogen-bond donors (Lipinski definition) is 1. The van der Waals surface area contributed by atoms with E-state index < -0.39 is 0 Å². The zero-order valence-corrected chi connectivity index (χ0v) is 11.9. The molecule has 0 radical (unpaired) electrons. The first-order valence-corrected chi connectivity index (χ1v) is 6.57. The first-order valence-electron chi connectivity index (χ1n) is 6.57. The zero-order valence-electron chi connectivity index (χ0n) is 11.9. The van der Waals surface area contributed by atoms with Crippen molar-refractivity contribution in [3.8, 4) is 0 Å². The second-order valence-corrected chi connectivity index (χ2v) is 5.19. The van der Waals surface area contributed by atoms with Gasteiger partial charge in [0.2, 0.25) is 0 Å². The van der Waals surface area contributed by atoms with Gasteiger partial charge in [-0.15, -0.1) is 0 Å². The molecular formula is C17H20FN. The summed E-state index contributed by atoms with van der Waals surface area (Å²) in [6.07, 6.45) is 0. The Morgan fingerprint density at radius 2 is 1.68 bits per heavy atom. The number of halogens is 1. The SMILES string of the molecule is Cc1ccc(C)c(C(C)Nc2ccc(F)c(C)c2)c1. The molecular weight excluding hydrogens is 237 g/mol. The van der Waals surface area contributed by atoms with E-state index in [1.54, 1.807) is 13.0 Å². The molecule has 1 nitrogen and oxygen atoms in total. The van der Waals surface area contributed by atoms with Gasteiger partial charge in [-0.2, -0.15) is 0 Å². The average molecular weight is 257 g/mol. The molecule has 19 heavy (non-hydrogen) atoms. The van der Waals surface area contributed by atoms with Crippen molar-refractivity contribution in [1.82, 2.24) is 0 Å². The van der Waals surface area contributed by atoms with Gasteiger partial charge in [-0.1, -0.05) is 23.8 Å². The highest BCUT2D eigenvalue weighted by Crippen LogP contribution is 2.24. The summed E-state index contributed by atoms with van der Waals surface area (Å²) in [6, 6.07) is 11.8. The van der Waals surface area contributed by atoms with E-state index in [-0.39, 0.29) is 11.9 Å². The molecule has 2 heteroatoms. The van der Waals surface area contributed by atoms with E-state index >= 15 is 0 Å². The second-order valence-electron chi connectivity index (χ2n) is 5.19. The van der Waals surface area contributed by atoms with E-state index in [1.807, 2.05) is 6.07 Å². The molecule has 0 fully saturated rings. The topological polar surface area (TPSA) is 12.0 Å². The number of aryl methyl sites for hydroxylation is 3. The first-order chi connectivity index (χ1) is 8.97. The van der Waals surface area contributed by atoms with E-state index in [0.717, 1.165) is 5.69 Å². The maximum atomic E-state index is 13.2. The van der Waals surface area contributed by atoms with Crippen molar-refractivity contribution < 1.29 is 4.39 Å². The molecule has 0 saturated carbocycles. The monoisotopic (exact) mass is 257 g/mol. The van der Waals surface area contributed by atoms with E-state index in [9.17, 15) is 4.39 Å². The molecule has 2 aromatic rings. The standard InChI is InChI=1S/C17H20FN/c1-11-5-6-12(2)16(9-11)14(4)19-15-7-8-17(18)13(3)10-15/h5-10,14,19H,1-4H3. The largest absolute Gasteiger partial charge is 0.379 e. The molecule has 0 saturated heterocycles. The van der Waals surface area contributed by atoms with Crippen molar-refractivity contribution in [1.29, 1.82) is 0 Å². The normalized spacial score (nSPS) is 12.3. The lowest BCUT2D eigenvalue weighted by Crippen LogP contribution is -2.08. The summed E-state index contributed by atoms with van der Waals surface area (Å²) in [4.78, 5) is 0. The Morgan fingerprint density at radius 1 is 0.947 bits per heavy atom. The summed E-state index contributed by atoms with van der Waals surface area (Å²) in [7, 11) is 0. The van der Waals surface area contributed by atoms with Crippen LogP contribution < -0.4 is 5.32 Å². The lowest BCUT2D eigenvalue weighted by atomic mass is 9.99. The highest BCUT2D eigenvalue weighted by Gasteiger charge is 2.09. The molecule has 1 unspecified atom stereocenters. The second kappa shape index (κ2) is 5.43. The third kappa shape index (κ3) is 3.14. The van der Waals surface area contributed by atoms with Crippen LogP contribution in [0.25, 0.3) is 0 Å². The molecule has 0 aromatic heterocycles. The maximum Gasteiger partial charge on any atom is 0.126 e. The van der Waals surface area contributed by atoms with E-state index in [2.05, 4.69) is 44.3 Å².